The largest absolute Gasteiger partial charge is 0.493 e. The Hall–Kier alpha value is -1.77. The molecule has 8 heteroatoms. The first-order valence-electron chi connectivity index (χ1n) is 14.6. The van der Waals surface area contributed by atoms with E-state index in [2.05, 4.69) is 13.8 Å². The number of unbranched alkanes of at least 4 members (excludes halogenated alkanes) is 2. The third-order valence-corrected chi connectivity index (χ3v) is 10.1. The van der Waals surface area contributed by atoms with Crippen molar-refractivity contribution in [3.8, 4) is 17.2 Å². The maximum Gasteiger partial charge on any atom is 0.314 e. The molecular formula is C32H44O5S3. The third-order valence-electron chi connectivity index (χ3n) is 6.76. The van der Waals surface area contributed by atoms with Crippen molar-refractivity contribution in [3.05, 3.63) is 48.5 Å². The first-order valence-corrected chi connectivity index (χ1v) is 17.9. The second-order valence-corrected chi connectivity index (χ2v) is 13.6. The summed E-state index contributed by atoms with van der Waals surface area (Å²) in [6, 6.07) is 15.0. The van der Waals surface area contributed by atoms with Gasteiger partial charge in [-0.25, -0.2) is 0 Å². The quantitative estimate of drug-likeness (QED) is 0.0726. The molecule has 0 aliphatic heterocycles. The molecule has 3 rings (SSSR count). The summed E-state index contributed by atoms with van der Waals surface area (Å²) in [5, 5.41) is 0. The lowest BCUT2D eigenvalue weighted by atomic mass is 9.82. The van der Waals surface area contributed by atoms with E-state index in [1.807, 2.05) is 71.7 Å². The van der Waals surface area contributed by atoms with Crippen molar-refractivity contribution in [2.24, 2.45) is 11.8 Å². The van der Waals surface area contributed by atoms with E-state index in [1.54, 1.807) is 12.1 Å². The van der Waals surface area contributed by atoms with E-state index in [1.165, 1.54) is 42.1 Å². The topological polar surface area (TPSA) is 61.8 Å². The summed E-state index contributed by atoms with van der Waals surface area (Å²) in [7, 11) is 0. The molecule has 0 radical (unpaired) electrons. The van der Waals surface area contributed by atoms with Gasteiger partial charge in [0.25, 0.3) is 0 Å². The Morgan fingerprint density at radius 1 is 0.650 bits per heavy atom. The summed E-state index contributed by atoms with van der Waals surface area (Å²) in [6.07, 6.45) is 7.50. The zero-order valence-corrected chi connectivity index (χ0v) is 26.4. The molecule has 1 aliphatic carbocycles. The van der Waals surface area contributed by atoms with E-state index < -0.39 is 0 Å². The third kappa shape index (κ3) is 12.4. The van der Waals surface area contributed by atoms with Crippen LogP contribution in [0.2, 0.25) is 0 Å². The van der Waals surface area contributed by atoms with Crippen LogP contribution >= 0.6 is 35.3 Å². The summed E-state index contributed by atoms with van der Waals surface area (Å²) in [4.78, 5) is 26.6. The molecule has 1 aliphatic rings. The minimum Gasteiger partial charge on any atom is -0.493 e. The number of ether oxygens (including phenoxy) is 3. The zero-order valence-electron chi connectivity index (χ0n) is 23.9. The van der Waals surface area contributed by atoms with Gasteiger partial charge in [0.2, 0.25) is 0 Å². The van der Waals surface area contributed by atoms with Crippen LogP contribution < -0.4 is 14.2 Å². The van der Waals surface area contributed by atoms with Gasteiger partial charge in [0, 0.05) is 22.2 Å². The van der Waals surface area contributed by atoms with Crippen molar-refractivity contribution in [1.82, 2.24) is 0 Å². The van der Waals surface area contributed by atoms with Gasteiger partial charge >= 0.3 is 11.9 Å². The Morgan fingerprint density at radius 3 is 1.65 bits per heavy atom. The van der Waals surface area contributed by atoms with E-state index in [0.29, 0.717) is 43.8 Å². The van der Waals surface area contributed by atoms with Crippen molar-refractivity contribution >= 4 is 47.2 Å². The van der Waals surface area contributed by atoms with Crippen molar-refractivity contribution in [1.29, 1.82) is 0 Å². The Balaban J connectivity index is 1.32. The first kappa shape index (κ1) is 32.7. The molecule has 2 aromatic rings. The highest BCUT2D eigenvalue weighted by molar-refractivity contribution is 8.03. The van der Waals surface area contributed by atoms with Gasteiger partial charge in [-0.15, -0.1) is 11.8 Å². The summed E-state index contributed by atoms with van der Waals surface area (Å²) in [5.74, 6) is 6.66. The molecular weight excluding hydrogens is 561 g/mol. The normalized spacial score (nSPS) is 16.9. The fraction of sp³-hybridized carbons (Fsp3) is 0.562. The molecule has 40 heavy (non-hydrogen) atoms. The van der Waals surface area contributed by atoms with Crippen molar-refractivity contribution in [2.75, 3.05) is 35.4 Å². The van der Waals surface area contributed by atoms with Crippen LogP contribution in [0.5, 0.6) is 17.2 Å². The van der Waals surface area contributed by atoms with Crippen LogP contribution in [0.4, 0.5) is 0 Å². The first-order chi connectivity index (χ1) is 19.6. The summed E-state index contributed by atoms with van der Waals surface area (Å²) >= 11 is 5.75. The summed E-state index contributed by atoms with van der Waals surface area (Å²) < 4.78 is 17.0. The lowest BCUT2D eigenvalue weighted by Crippen LogP contribution is -2.30. The number of hydrogen-bond acceptors (Lipinski definition) is 8. The molecule has 220 valence electrons. The standard InChI is InChI=1S/C32H44O5S3/c1-3-5-20-38-22-19-35-27-11-13-28(14-12-27)36-31(33)25-7-9-26(10-8-25)32(34)37-29-15-17-30(18-16-29)40-24-23-39-21-6-4-2/h11-18,25-26H,3-10,19-24H2,1-2H3. The van der Waals surface area contributed by atoms with Crippen LogP contribution in [0.15, 0.2) is 53.4 Å². The zero-order chi connectivity index (χ0) is 28.4. The molecule has 2 aromatic carbocycles. The van der Waals surface area contributed by atoms with Gasteiger partial charge < -0.3 is 14.2 Å². The highest BCUT2D eigenvalue weighted by Crippen LogP contribution is 2.32. The maximum atomic E-state index is 12.7. The number of carbonyl (C=O) groups excluding carboxylic acids is 2. The Labute approximate surface area is 253 Å². The minimum absolute atomic E-state index is 0.185. The highest BCUT2D eigenvalue weighted by Gasteiger charge is 2.32. The molecule has 0 aromatic heterocycles. The number of carbonyl (C=O) groups is 2. The molecule has 0 bridgehead atoms. The monoisotopic (exact) mass is 604 g/mol. The van der Waals surface area contributed by atoms with Crippen molar-refractivity contribution < 1.29 is 23.8 Å². The fourth-order valence-electron chi connectivity index (χ4n) is 4.31. The van der Waals surface area contributed by atoms with Crippen molar-refractivity contribution in [3.63, 3.8) is 0 Å². The van der Waals surface area contributed by atoms with Crippen LogP contribution in [0.3, 0.4) is 0 Å². The van der Waals surface area contributed by atoms with Gasteiger partial charge in [-0.3, -0.25) is 9.59 Å². The molecule has 0 saturated heterocycles. The lowest BCUT2D eigenvalue weighted by molar-refractivity contribution is -0.145. The molecule has 0 unspecified atom stereocenters. The van der Waals surface area contributed by atoms with Crippen LogP contribution in [0, 0.1) is 11.8 Å². The number of esters is 2. The highest BCUT2D eigenvalue weighted by atomic mass is 32.2. The van der Waals surface area contributed by atoms with E-state index >= 15 is 0 Å². The van der Waals surface area contributed by atoms with Crippen LogP contribution in [0.25, 0.3) is 0 Å². The second kappa shape index (κ2) is 19.4. The van der Waals surface area contributed by atoms with Crippen LogP contribution in [-0.2, 0) is 9.59 Å². The molecule has 0 atom stereocenters. The molecule has 1 saturated carbocycles. The summed E-state index contributed by atoms with van der Waals surface area (Å²) in [6.45, 7) is 5.09. The SMILES string of the molecule is CCCCSCCOc1ccc(OC(=O)C2CCC(C(=O)Oc3ccc(SCCSCCCC)cc3)CC2)cc1. The predicted octanol–water partition coefficient (Wildman–Crippen LogP) is 8.54. The maximum absolute atomic E-state index is 12.7. The van der Waals surface area contributed by atoms with E-state index in [4.69, 9.17) is 14.2 Å². The fourth-order valence-corrected chi connectivity index (χ4v) is 7.27. The van der Waals surface area contributed by atoms with Gasteiger partial charge in [0.1, 0.15) is 17.2 Å². The molecule has 0 heterocycles. The van der Waals surface area contributed by atoms with Crippen LogP contribution in [-0.4, -0.2) is 47.3 Å². The Morgan fingerprint density at radius 2 is 1.12 bits per heavy atom. The molecule has 0 amide bonds. The molecule has 0 spiro atoms. The number of benzene rings is 2. The predicted molar refractivity (Wildman–Crippen MR) is 170 cm³/mol. The summed E-state index contributed by atoms with van der Waals surface area (Å²) in [5.41, 5.74) is 0. The van der Waals surface area contributed by atoms with Crippen molar-refractivity contribution in [2.45, 2.75) is 70.1 Å². The molecule has 1 fully saturated rings. The molecule has 5 nitrogen and oxygen atoms in total. The number of thioether (sulfide) groups is 3. The van der Waals surface area contributed by atoms with E-state index in [0.717, 1.165) is 23.0 Å². The minimum atomic E-state index is -0.232. The number of rotatable bonds is 18. The van der Waals surface area contributed by atoms with Gasteiger partial charge in [0.15, 0.2) is 0 Å². The van der Waals surface area contributed by atoms with Crippen LogP contribution in [0.1, 0.15) is 65.2 Å². The van der Waals surface area contributed by atoms with E-state index in [9.17, 15) is 9.59 Å². The Kier molecular flexibility index (Phi) is 15.9. The van der Waals surface area contributed by atoms with Gasteiger partial charge in [-0.2, -0.15) is 23.5 Å². The van der Waals surface area contributed by atoms with Gasteiger partial charge in [-0.1, -0.05) is 26.7 Å². The van der Waals surface area contributed by atoms with E-state index in [-0.39, 0.29) is 23.8 Å². The average molecular weight is 605 g/mol. The smallest absolute Gasteiger partial charge is 0.314 e. The lowest BCUT2D eigenvalue weighted by Gasteiger charge is -2.25. The molecule has 0 N–H and O–H groups in total. The number of hydrogen-bond donors (Lipinski definition) is 0. The van der Waals surface area contributed by atoms with Gasteiger partial charge in [0.05, 0.1) is 18.4 Å². The second-order valence-electron chi connectivity index (χ2n) is 9.96. The average Bonchev–Trinajstić information content (AvgIpc) is 2.98. The van der Waals surface area contributed by atoms with Gasteiger partial charge in [-0.05, 0) is 98.6 Å². The Bertz CT molecular complexity index is 907.